The van der Waals surface area contributed by atoms with Crippen molar-refractivity contribution >= 4 is 23.6 Å². The van der Waals surface area contributed by atoms with Crippen LogP contribution in [0.15, 0.2) is 48.5 Å². The topological polar surface area (TPSA) is 64.6 Å². The van der Waals surface area contributed by atoms with Gasteiger partial charge >= 0.3 is 5.97 Å². The molecule has 25 heavy (non-hydrogen) atoms. The number of ether oxygens (including phenoxy) is 2. The van der Waals surface area contributed by atoms with Gasteiger partial charge in [0.1, 0.15) is 11.6 Å². The maximum absolute atomic E-state index is 13.8. The SMILES string of the molecule is CCOc1ccc(/C=C/C(=O)Nc2cc(C(=O)OC)ccc2F)cc1. The van der Waals surface area contributed by atoms with Crippen LogP contribution in [-0.2, 0) is 9.53 Å². The van der Waals surface area contributed by atoms with Gasteiger partial charge in [-0.25, -0.2) is 9.18 Å². The molecule has 5 nitrogen and oxygen atoms in total. The number of carbonyl (C=O) groups excluding carboxylic acids is 2. The van der Waals surface area contributed by atoms with E-state index in [-0.39, 0.29) is 11.3 Å². The van der Waals surface area contributed by atoms with Crippen LogP contribution in [0.1, 0.15) is 22.8 Å². The zero-order valence-electron chi connectivity index (χ0n) is 13.9. The van der Waals surface area contributed by atoms with Crippen LogP contribution in [0.3, 0.4) is 0 Å². The van der Waals surface area contributed by atoms with Crippen molar-refractivity contribution in [1.82, 2.24) is 0 Å². The first-order chi connectivity index (χ1) is 12.0. The van der Waals surface area contributed by atoms with Gasteiger partial charge in [0, 0.05) is 6.08 Å². The Bertz CT molecular complexity index is 785. The molecule has 2 aromatic rings. The lowest BCUT2D eigenvalue weighted by Gasteiger charge is -2.06. The molecule has 2 aromatic carbocycles. The van der Waals surface area contributed by atoms with Crippen molar-refractivity contribution in [3.8, 4) is 5.75 Å². The lowest BCUT2D eigenvalue weighted by Crippen LogP contribution is -2.11. The largest absolute Gasteiger partial charge is 0.494 e. The van der Waals surface area contributed by atoms with Crippen LogP contribution in [0.4, 0.5) is 10.1 Å². The molecule has 0 aliphatic rings. The molecule has 0 unspecified atom stereocenters. The Balaban J connectivity index is 2.05. The highest BCUT2D eigenvalue weighted by molar-refractivity contribution is 6.02. The first kappa shape index (κ1) is 18.2. The van der Waals surface area contributed by atoms with Gasteiger partial charge in [-0.3, -0.25) is 4.79 Å². The second-order valence-corrected chi connectivity index (χ2v) is 5.01. The van der Waals surface area contributed by atoms with E-state index in [1.807, 2.05) is 6.92 Å². The van der Waals surface area contributed by atoms with Crippen molar-refractivity contribution in [3.63, 3.8) is 0 Å². The lowest BCUT2D eigenvalue weighted by molar-refractivity contribution is -0.111. The molecule has 0 atom stereocenters. The minimum absolute atomic E-state index is 0.0933. The quantitative estimate of drug-likeness (QED) is 0.642. The van der Waals surface area contributed by atoms with Crippen LogP contribution < -0.4 is 10.1 Å². The molecule has 1 N–H and O–H groups in total. The second-order valence-electron chi connectivity index (χ2n) is 5.01. The highest BCUT2D eigenvalue weighted by atomic mass is 19.1. The molecule has 0 bridgehead atoms. The third-order valence-electron chi connectivity index (χ3n) is 3.26. The van der Waals surface area contributed by atoms with Crippen LogP contribution in [0, 0.1) is 5.82 Å². The van der Waals surface area contributed by atoms with Crippen LogP contribution >= 0.6 is 0 Å². The number of methoxy groups -OCH3 is 1. The smallest absolute Gasteiger partial charge is 0.337 e. The molecule has 1 amide bonds. The Labute approximate surface area is 145 Å². The number of rotatable bonds is 6. The molecule has 130 valence electrons. The van der Waals surface area contributed by atoms with Crippen molar-refractivity contribution in [1.29, 1.82) is 0 Å². The summed E-state index contributed by atoms with van der Waals surface area (Å²) in [6.45, 7) is 2.47. The molecule has 0 saturated heterocycles. The molecule has 0 aliphatic heterocycles. The van der Waals surface area contributed by atoms with E-state index in [9.17, 15) is 14.0 Å². The average Bonchev–Trinajstić information content (AvgIpc) is 2.62. The number of hydrogen-bond donors (Lipinski definition) is 1. The van der Waals surface area contributed by atoms with E-state index in [1.165, 1.54) is 25.3 Å². The molecule has 2 rings (SSSR count). The van der Waals surface area contributed by atoms with E-state index in [2.05, 4.69) is 10.1 Å². The maximum atomic E-state index is 13.8. The van der Waals surface area contributed by atoms with Crippen molar-refractivity contribution in [2.75, 3.05) is 19.0 Å². The molecule has 0 radical (unpaired) electrons. The van der Waals surface area contributed by atoms with Gasteiger partial charge in [0.15, 0.2) is 0 Å². The van der Waals surface area contributed by atoms with Gasteiger partial charge in [-0.15, -0.1) is 0 Å². The van der Waals surface area contributed by atoms with Gasteiger partial charge in [0.25, 0.3) is 0 Å². The van der Waals surface area contributed by atoms with E-state index >= 15 is 0 Å². The van der Waals surface area contributed by atoms with Gasteiger partial charge in [0.05, 0.1) is 25.0 Å². The average molecular weight is 343 g/mol. The second kappa shape index (κ2) is 8.63. The van der Waals surface area contributed by atoms with Gasteiger partial charge in [-0.2, -0.15) is 0 Å². The standard InChI is InChI=1S/C19H18FNO4/c1-3-25-15-8-4-13(5-9-15)6-11-18(22)21-17-12-14(19(23)24-2)7-10-16(17)20/h4-12H,3H2,1-2H3,(H,21,22)/b11-6+. The zero-order chi connectivity index (χ0) is 18.2. The number of anilines is 1. The minimum atomic E-state index is -0.643. The number of halogens is 1. The highest BCUT2D eigenvalue weighted by Crippen LogP contribution is 2.17. The Hall–Kier alpha value is -3.15. The molecule has 0 aliphatic carbocycles. The minimum Gasteiger partial charge on any atom is -0.494 e. The number of esters is 1. The third-order valence-corrected chi connectivity index (χ3v) is 3.26. The molecule has 0 saturated carbocycles. The fraction of sp³-hybridized carbons (Fsp3) is 0.158. The Morgan fingerprint density at radius 2 is 1.88 bits per heavy atom. The van der Waals surface area contributed by atoms with E-state index < -0.39 is 17.7 Å². The zero-order valence-corrected chi connectivity index (χ0v) is 13.9. The summed E-state index contributed by atoms with van der Waals surface area (Å²) in [5.74, 6) is -1.03. The van der Waals surface area contributed by atoms with E-state index in [0.29, 0.717) is 6.61 Å². The highest BCUT2D eigenvalue weighted by Gasteiger charge is 2.11. The maximum Gasteiger partial charge on any atom is 0.337 e. The predicted octanol–water partition coefficient (Wildman–Crippen LogP) is 3.66. The van der Waals surface area contributed by atoms with Gasteiger partial charge < -0.3 is 14.8 Å². The fourth-order valence-electron chi connectivity index (χ4n) is 2.05. The molecular formula is C19H18FNO4. The monoisotopic (exact) mass is 343 g/mol. The molecule has 0 spiro atoms. The van der Waals surface area contributed by atoms with Gasteiger partial charge in [0.2, 0.25) is 5.91 Å². The van der Waals surface area contributed by atoms with Crippen molar-refractivity contribution in [2.45, 2.75) is 6.92 Å². The Morgan fingerprint density at radius 1 is 1.16 bits per heavy atom. The third kappa shape index (κ3) is 5.17. The Kier molecular flexibility index (Phi) is 6.28. The molecule has 0 aromatic heterocycles. The number of amides is 1. The summed E-state index contributed by atoms with van der Waals surface area (Å²) >= 11 is 0. The molecule has 0 fully saturated rings. The molecule has 6 heteroatoms. The number of nitrogens with one attached hydrogen (secondary N) is 1. The summed E-state index contributed by atoms with van der Waals surface area (Å²) < 4.78 is 23.7. The van der Waals surface area contributed by atoms with Crippen LogP contribution in [0.5, 0.6) is 5.75 Å². The summed E-state index contributed by atoms with van der Waals surface area (Å²) in [6, 6.07) is 10.8. The number of benzene rings is 2. The van der Waals surface area contributed by atoms with Crippen molar-refractivity contribution in [3.05, 3.63) is 65.5 Å². The van der Waals surface area contributed by atoms with E-state index in [1.54, 1.807) is 30.3 Å². The number of hydrogen-bond acceptors (Lipinski definition) is 4. The first-order valence-electron chi connectivity index (χ1n) is 7.63. The van der Waals surface area contributed by atoms with E-state index in [4.69, 9.17) is 4.74 Å². The van der Waals surface area contributed by atoms with Gasteiger partial charge in [-0.05, 0) is 48.9 Å². The normalized spacial score (nSPS) is 10.5. The van der Waals surface area contributed by atoms with Crippen molar-refractivity contribution in [2.24, 2.45) is 0 Å². The first-order valence-corrected chi connectivity index (χ1v) is 7.63. The van der Waals surface area contributed by atoms with E-state index in [0.717, 1.165) is 17.4 Å². The van der Waals surface area contributed by atoms with Crippen LogP contribution in [0.2, 0.25) is 0 Å². The van der Waals surface area contributed by atoms with Gasteiger partial charge in [-0.1, -0.05) is 12.1 Å². The summed E-state index contributed by atoms with van der Waals surface area (Å²) in [4.78, 5) is 23.4. The van der Waals surface area contributed by atoms with Crippen LogP contribution in [0.25, 0.3) is 6.08 Å². The lowest BCUT2D eigenvalue weighted by atomic mass is 10.2. The molecular weight excluding hydrogens is 325 g/mol. The predicted molar refractivity (Wildman–Crippen MR) is 93.0 cm³/mol. The summed E-state index contributed by atoms with van der Waals surface area (Å²) in [7, 11) is 1.23. The molecule has 0 heterocycles. The summed E-state index contributed by atoms with van der Waals surface area (Å²) in [6.07, 6.45) is 2.87. The Morgan fingerprint density at radius 3 is 2.52 bits per heavy atom. The summed E-state index contributed by atoms with van der Waals surface area (Å²) in [5, 5.41) is 2.40. The number of carbonyl (C=O) groups is 2. The van der Waals surface area contributed by atoms with Crippen LogP contribution in [-0.4, -0.2) is 25.6 Å². The summed E-state index contributed by atoms with van der Waals surface area (Å²) in [5.41, 5.74) is 0.848. The van der Waals surface area contributed by atoms with Crippen molar-refractivity contribution < 1.29 is 23.5 Å². The fourth-order valence-corrected chi connectivity index (χ4v) is 2.05.